The SMILES string of the molecule is CCCN(OCCCCCCCC(C)C)C(C)C. The zero-order valence-electron chi connectivity index (χ0n) is 13.4. The zero-order chi connectivity index (χ0) is 13.8. The van der Waals surface area contributed by atoms with Crippen LogP contribution in [0.2, 0.25) is 0 Å². The van der Waals surface area contributed by atoms with Gasteiger partial charge in [0.15, 0.2) is 0 Å². The van der Waals surface area contributed by atoms with E-state index in [4.69, 9.17) is 4.84 Å². The van der Waals surface area contributed by atoms with E-state index < -0.39 is 0 Å². The molecule has 0 aromatic carbocycles. The van der Waals surface area contributed by atoms with Gasteiger partial charge in [0.05, 0.1) is 6.61 Å². The van der Waals surface area contributed by atoms with Crippen molar-refractivity contribution in [2.45, 2.75) is 85.6 Å². The van der Waals surface area contributed by atoms with Gasteiger partial charge < -0.3 is 0 Å². The molecule has 0 aromatic rings. The Hall–Kier alpha value is -0.0800. The van der Waals surface area contributed by atoms with E-state index in [1.165, 1.54) is 38.5 Å². The third kappa shape index (κ3) is 11.0. The van der Waals surface area contributed by atoms with Crippen molar-refractivity contribution in [3.05, 3.63) is 0 Å². The van der Waals surface area contributed by atoms with Crippen molar-refractivity contribution in [1.82, 2.24) is 5.06 Å². The van der Waals surface area contributed by atoms with E-state index >= 15 is 0 Å². The van der Waals surface area contributed by atoms with Gasteiger partial charge in [-0.25, -0.2) is 0 Å². The number of hydrogen-bond donors (Lipinski definition) is 0. The minimum atomic E-state index is 0.496. The van der Waals surface area contributed by atoms with Crippen molar-refractivity contribution >= 4 is 0 Å². The smallest absolute Gasteiger partial charge is 0.0685 e. The van der Waals surface area contributed by atoms with E-state index in [-0.39, 0.29) is 0 Å². The van der Waals surface area contributed by atoms with Crippen LogP contribution in [-0.2, 0) is 4.84 Å². The van der Waals surface area contributed by atoms with Crippen LogP contribution in [0.15, 0.2) is 0 Å². The summed E-state index contributed by atoms with van der Waals surface area (Å²) < 4.78 is 0. The molecular weight excluding hydrogens is 222 g/mol. The molecule has 0 unspecified atom stereocenters. The molecule has 0 saturated carbocycles. The molecule has 0 aliphatic heterocycles. The fourth-order valence-corrected chi connectivity index (χ4v) is 2.06. The fraction of sp³-hybridized carbons (Fsp3) is 1.00. The summed E-state index contributed by atoms with van der Waals surface area (Å²) in [7, 11) is 0. The Morgan fingerprint density at radius 2 is 1.50 bits per heavy atom. The van der Waals surface area contributed by atoms with Gasteiger partial charge in [-0.3, -0.25) is 4.84 Å². The molecule has 0 amide bonds. The summed E-state index contributed by atoms with van der Waals surface area (Å²) in [5.41, 5.74) is 0. The molecule has 0 aromatic heterocycles. The van der Waals surface area contributed by atoms with Crippen LogP contribution in [0.3, 0.4) is 0 Å². The van der Waals surface area contributed by atoms with Gasteiger partial charge in [0.1, 0.15) is 0 Å². The second-order valence-electron chi connectivity index (χ2n) is 6.02. The highest BCUT2D eigenvalue weighted by Crippen LogP contribution is 2.11. The first-order chi connectivity index (χ1) is 8.57. The molecule has 0 atom stereocenters. The first kappa shape index (κ1) is 17.9. The first-order valence-electron chi connectivity index (χ1n) is 7.97. The van der Waals surface area contributed by atoms with Gasteiger partial charge in [-0.2, -0.15) is 5.06 Å². The maximum absolute atomic E-state index is 5.82. The highest BCUT2D eigenvalue weighted by molar-refractivity contribution is 4.52. The molecule has 0 saturated heterocycles. The van der Waals surface area contributed by atoms with Crippen LogP contribution in [0.5, 0.6) is 0 Å². The molecule has 0 aliphatic rings. The molecule has 0 bridgehead atoms. The van der Waals surface area contributed by atoms with Crippen molar-refractivity contribution in [3.63, 3.8) is 0 Å². The predicted molar refractivity (Wildman–Crippen MR) is 80.6 cm³/mol. The third-order valence-electron chi connectivity index (χ3n) is 3.20. The molecule has 0 fully saturated rings. The molecule has 0 aliphatic carbocycles. The van der Waals surface area contributed by atoms with E-state index in [1.54, 1.807) is 0 Å². The molecule has 2 heteroatoms. The molecule has 0 heterocycles. The van der Waals surface area contributed by atoms with Gasteiger partial charge in [0.25, 0.3) is 0 Å². The number of rotatable bonds is 12. The Balaban J connectivity index is 3.32. The van der Waals surface area contributed by atoms with Gasteiger partial charge in [-0.05, 0) is 32.6 Å². The molecule has 0 N–H and O–H groups in total. The van der Waals surface area contributed by atoms with Crippen LogP contribution >= 0.6 is 0 Å². The van der Waals surface area contributed by atoms with Gasteiger partial charge in [0, 0.05) is 12.6 Å². The van der Waals surface area contributed by atoms with Crippen molar-refractivity contribution < 1.29 is 4.84 Å². The highest BCUT2D eigenvalue weighted by atomic mass is 16.7. The fourth-order valence-electron chi connectivity index (χ4n) is 2.06. The predicted octanol–water partition coefficient (Wildman–Crippen LogP) is 5.04. The van der Waals surface area contributed by atoms with E-state index in [1.807, 2.05) is 0 Å². The lowest BCUT2D eigenvalue weighted by molar-refractivity contribution is -0.180. The second-order valence-corrected chi connectivity index (χ2v) is 6.02. The third-order valence-corrected chi connectivity index (χ3v) is 3.20. The minimum Gasteiger partial charge on any atom is -0.299 e. The van der Waals surface area contributed by atoms with Crippen molar-refractivity contribution in [2.24, 2.45) is 5.92 Å². The summed E-state index contributed by atoms with van der Waals surface area (Å²) in [6.45, 7) is 13.1. The lowest BCUT2D eigenvalue weighted by Gasteiger charge is -2.25. The molecule has 0 rings (SSSR count). The summed E-state index contributed by atoms with van der Waals surface area (Å²) in [4.78, 5) is 5.82. The van der Waals surface area contributed by atoms with Crippen LogP contribution in [-0.4, -0.2) is 24.3 Å². The molecule has 0 radical (unpaired) electrons. The highest BCUT2D eigenvalue weighted by Gasteiger charge is 2.07. The largest absolute Gasteiger partial charge is 0.299 e. The lowest BCUT2D eigenvalue weighted by Crippen LogP contribution is -2.32. The average Bonchev–Trinajstić information content (AvgIpc) is 2.30. The topological polar surface area (TPSA) is 12.5 Å². The van der Waals surface area contributed by atoms with Crippen molar-refractivity contribution in [3.8, 4) is 0 Å². The standard InChI is InChI=1S/C16H35NO/c1-6-13-17(16(4)5)18-14-11-9-7-8-10-12-15(2)3/h15-16H,6-14H2,1-5H3. The van der Waals surface area contributed by atoms with Crippen LogP contribution in [0.1, 0.15) is 79.6 Å². The molecule has 2 nitrogen and oxygen atoms in total. The maximum atomic E-state index is 5.82. The number of unbranched alkanes of at least 4 members (excludes halogenated alkanes) is 4. The van der Waals surface area contributed by atoms with Crippen molar-refractivity contribution in [2.75, 3.05) is 13.2 Å². The van der Waals surface area contributed by atoms with Gasteiger partial charge >= 0.3 is 0 Å². The molecule has 110 valence electrons. The number of hydrogen-bond acceptors (Lipinski definition) is 2. The Bertz CT molecular complexity index is 168. The minimum absolute atomic E-state index is 0.496. The van der Waals surface area contributed by atoms with Crippen LogP contribution in [0.25, 0.3) is 0 Å². The normalized spacial score (nSPS) is 12.0. The lowest BCUT2D eigenvalue weighted by atomic mass is 10.0. The Labute approximate surface area is 115 Å². The van der Waals surface area contributed by atoms with E-state index in [2.05, 4.69) is 39.7 Å². The van der Waals surface area contributed by atoms with Crippen LogP contribution in [0, 0.1) is 5.92 Å². The van der Waals surface area contributed by atoms with E-state index in [0.29, 0.717) is 6.04 Å². The average molecular weight is 257 g/mol. The summed E-state index contributed by atoms with van der Waals surface area (Å²) in [5, 5.41) is 2.12. The van der Waals surface area contributed by atoms with Crippen LogP contribution < -0.4 is 0 Å². The summed E-state index contributed by atoms with van der Waals surface area (Å²) in [5.74, 6) is 0.863. The van der Waals surface area contributed by atoms with Crippen LogP contribution in [0.4, 0.5) is 0 Å². The first-order valence-corrected chi connectivity index (χ1v) is 7.97. The Kier molecular flexibility index (Phi) is 11.9. The molecule has 18 heavy (non-hydrogen) atoms. The van der Waals surface area contributed by atoms with Gasteiger partial charge in [-0.1, -0.05) is 52.9 Å². The molecule has 0 spiro atoms. The quantitative estimate of drug-likeness (QED) is 0.359. The molecular formula is C16H35NO. The van der Waals surface area contributed by atoms with E-state index in [9.17, 15) is 0 Å². The Morgan fingerprint density at radius 1 is 0.889 bits per heavy atom. The summed E-state index contributed by atoms with van der Waals surface area (Å²) in [6.07, 6.45) is 9.21. The summed E-state index contributed by atoms with van der Waals surface area (Å²) in [6, 6.07) is 0.496. The number of hydroxylamine groups is 2. The Morgan fingerprint density at radius 3 is 2.06 bits per heavy atom. The van der Waals surface area contributed by atoms with Crippen molar-refractivity contribution in [1.29, 1.82) is 0 Å². The van der Waals surface area contributed by atoms with Gasteiger partial charge in [-0.15, -0.1) is 0 Å². The summed E-state index contributed by atoms with van der Waals surface area (Å²) >= 11 is 0. The maximum Gasteiger partial charge on any atom is 0.0685 e. The number of nitrogens with zero attached hydrogens (tertiary/aromatic N) is 1. The second kappa shape index (κ2) is 12.0. The monoisotopic (exact) mass is 257 g/mol. The zero-order valence-corrected chi connectivity index (χ0v) is 13.4. The van der Waals surface area contributed by atoms with E-state index in [0.717, 1.165) is 25.5 Å². The van der Waals surface area contributed by atoms with Gasteiger partial charge in [0.2, 0.25) is 0 Å².